The minimum absolute atomic E-state index is 0.213. The number of carbonyl (C=O) groups is 1. The van der Waals surface area contributed by atoms with Crippen LogP contribution in [0.4, 0.5) is 0 Å². The number of hydrogen-bond acceptors (Lipinski definition) is 3. The molecule has 0 bridgehead atoms. The average Bonchev–Trinajstić information content (AvgIpc) is 2.56. The van der Waals surface area contributed by atoms with E-state index in [0.29, 0.717) is 5.56 Å². The topological polar surface area (TPSA) is 50.7 Å². The van der Waals surface area contributed by atoms with Crippen LogP contribution in [0.2, 0.25) is 0 Å². The number of hydrazone groups is 1. The van der Waals surface area contributed by atoms with Crippen molar-refractivity contribution in [3.8, 4) is 5.75 Å². The highest BCUT2D eigenvalue weighted by atomic mass is 16.5. The number of nitrogens with one attached hydrogen (secondary N) is 1. The van der Waals surface area contributed by atoms with Crippen LogP contribution in [-0.2, 0) is 0 Å². The molecule has 2 rings (SSSR count). The van der Waals surface area contributed by atoms with Gasteiger partial charge >= 0.3 is 0 Å². The van der Waals surface area contributed by atoms with Crippen molar-refractivity contribution >= 4 is 11.6 Å². The lowest BCUT2D eigenvalue weighted by Gasteiger charge is -2.06. The normalized spacial score (nSPS) is 11.0. The van der Waals surface area contributed by atoms with Crippen molar-refractivity contribution in [3.63, 3.8) is 0 Å². The van der Waals surface area contributed by atoms with Crippen LogP contribution in [0.1, 0.15) is 29.3 Å². The van der Waals surface area contributed by atoms with Crippen molar-refractivity contribution in [3.05, 3.63) is 65.7 Å². The van der Waals surface area contributed by atoms with Crippen LogP contribution in [0.3, 0.4) is 0 Å². The molecule has 0 saturated heterocycles. The lowest BCUT2D eigenvalue weighted by molar-refractivity contribution is 0.0955. The maximum absolute atomic E-state index is 12.0. The van der Waals surface area contributed by atoms with Crippen molar-refractivity contribution < 1.29 is 9.53 Å². The molecule has 0 aromatic heterocycles. The number of rotatable bonds is 5. The second-order valence-corrected chi connectivity index (χ2v) is 4.45. The summed E-state index contributed by atoms with van der Waals surface area (Å²) in [6.07, 6.45) is 0.724. The van der Waals surface area contributed by atoms with Crippen molar-refractivity contribution in [2.45, 2.75) is 13.3 Å². The summed E-state index contributed by atoms with van der Waals surface area (Å²) in [5.74, 6) is 0.581. The monoisotopic (exact) mass is 282 g/mol. The van der Waals surface area contributed by atoms with Crippen LogP contribution < -0.4 is 10.2 Å². The lowest BCUT2D eigenvalue weighted by Crippen LogP contribution is -2.19. The highest BCUT2D eigenvalue weighted by molar-refractivity contribution is 6.02. The number of ether oxygens (including phenoxy) is 1. The first-order chi connectivity index (χ1) is 10.2. The van der Waals surface area contributed by atoms with Gasteiger partial charge in [0.2, 0.25) is 0 Å². The van der Waals surface area contributed by atoms with Gasteiger partial charge in [-0.1, -0.05) is 25.1 Å². The molecule has 0 heterocycles. The molecule has 2 aromatic carbocycles. The van der Waals surface area contributed by atoms with Crippen LogP contribution in [0, 0.1) is 0 Å². The van der Waals surface area contributed by atoms with E-state index in [-0.39, 0.29) is 5.91 Å². The number of benzene rings is 2. The first-order valence-electron chi connectivity index (χ1n) is 6.81. The van der Waals surface area contributed by atoms with Crippen LogP contribution in [0.25, 0.3) is 0 Å². The summed E-state index contributed by atoms with van der Waals surface area (Å²) in [6, 6.07) is 16.6. The van der Waals surface area contributed by atoms with E-state index in [1.54, 1.807) is 19.2 Å². The number of amides is 1. The fourth-order valence-corrected chi connectivity index (χ4v) is 1.90. The summed E-state index contributed by atoms with van der Waals surface area (Å²) in [7, 11) is 1.63. The zero-order valence-corrected chi connectivity index (χ0v) is 12.2. The summed E-state index contributed by atoms with van der Waals surface area (Å²) in [5, 5.41) is 4.22. The Kier molecular flexibility index (Phi) is 5.10. The summed E-state index contributed by atoms with van der Waals surface area (Å²) in [4.78, 5) is 12.0. The van der Waals surface area contributed by atoms with Crippen LogP contribution in [-0.4, -0.2) is 18.7 Å². The van der Waals surface area contributed by atoms with Gasteiger partial charge < -0.3 is 4.74 Å². The zero-order chi connectivity index (χ0) is 15.1. The third-order valence-corrected chi connectivity index (χ3v) is 3.09. The summed E-state index contributed by atoms with van der Waals surface area (Å²) < 4.78 is 5.13. The average molecular weight is 282 g/mol. The summed E-state index contributed by atoms with van der Waals surface area (Å²) in [5.41, 5.74) is 4.97. The largest absolute Gasteiger partial charge is 0.497 e. The number of methoxy groups -OCH3 is 1. The molecule has 1 N–H and O–H groups in total. The third kappa shape index (κ3) is 3.92. The molecule has 2 aromatic rings. The Hall–Kier alpha value is -2.62. The SMILES string of the molecule is CCC(=NNC(=O)c1ccccc1)c1ccc(OC)cc1. The molecular formula is C17H18N2O2. The fraction of sp³-hybridized carbons (Fsp3) is 0.176. The molecule has 4 heteroatoms. The molecule has 0 unspecified atom stereocenters. The van der Waals surface area contributed by atoms with E-state index in [0.717, 1.165) is 23.4 Å². The van der Waals surface area contributed by atoms with E-state index < -0.39 is 0 Å². The molecule has 0 aliphatic heterocycles. The second kappa shape index (κ2) is 7.24. The van der Waals surface area contributed by atoms with E-state index >= 15 is 0 Å². The molecule has 0 aliphatic carbocycles. The van der Waals surface area contributed by atoms with E-state index in [9.17, 15) is 4.79 Å². The Labute approximate surface area is 124 Å². The zero-order valence-electron chi connectivity index (χ0n) is 12.2. The van der Waals surface area contributed by atoms with Gasteiger partial charge in [0.1, 0.15) is 5.75 Å². The van der Waals surface area contributed by atoms with Gasteiger partial charge in [0.05, 0.1) is 12.8 Å². The van der Waals surface area contributed by atoms with Gasteiger partial charge in [-0.3, -0.25) is 4.79 Å². The van der Waals surface area contributed by atoms with Crippen LogP contribution in [0.5, 0.6) is 5.75 Å². The van der Waals surface area contributed by atoms with Crippen molar-refractivity contribution in [1.29, 1.82) is 0 Å². The van der Waals surface area contributed by atoms with Gasteiger partial charge in [0.25, 0.3) is 5.91 Å². The molecule has 0 saturated carbocycles. The van der Waals surface area contributed by atoms with Gasteiger partial charge in [-0.15, -0.1) is 0 Å². The summed E-state index contributed by atoms with van der Waals surface area (Å²) in [6.45, 7) is 2.00. The molecule has 4 nitrogen and oxygen atoms in total. The van der Waals surface area contributed by atoms with Gasteiger partial charge in [-0.25, -0.2) is 5.43 Å². The van der Waals surface area contributed by atoms with Gasteiger partial charge in [-0.05, 0) is 48.4 Å². The Balaban J connectivity index is 2.11. The highest BCUT2D eigenvalue weighted by Crippen LogP contribution is 2.13. The maximum Gasteiger partial charge on any atom is 0.271 e. The van der Waals surface area contributed by atoms with Crippen molar-refractivity contribution in [2.75, 3.05) is 7.11 Å². The van der Waals surface area contributed by atoms with Crippen LogP contribution >= 0.6 is 0 Å². The lowest BCUT2D eigenvalue weighted by atomic mass is 10.1. The predicted molar refractivity (Wildman–Crippen MR) is 83.7 cm³/mol. The molecule has 0 spiro atoms. The minimum atomic E-state index is -0.213. The number of hydrogen-bond donors (Lipinski definition) is 1. The molecule has 21 heavy (non-hydrogen) atoms. The Morgan fingerprint density at radius 1 is 1.05 bits per heavy atom. The molecule has 108 valence electrons. The standard InChI is InChI=1S/C17H18N2O2/c1-3-16(13-9-11-15(21-2)12-10-13)18-19-17(20)14-7-5-4-6-8-14/h4-12H,3H2,1-2H3,(H,19,20). The Morgan fingerprint density at radius 2 is 1.71 bits per heavy atom. The predicted octanol–water partition coefficient (Wildman–Crippen LogP) is 3.24. The Morgan fingerprint density at radius 3 is 2.29 bits per heavy atom. The molecule has 0 aliphatic rings. The molecule has 0 radical (unpaired) electrons. The van der Waals surface area contributed by atoms with E-state index in [1.807, 2.05) is 49.4 Å². The third-order valence-electron chi connectivity index (χ3n) is 3.09. The number of nitrogens with zero attached hydrogens (tertiary/aromatic N) is 1. The first kappa shape index (κ1) is 14.8. The van der Waals surface area contributed by atoms with Crippen molar-refractivity contribution in [1.82, 2.24) is 5.43 Å². The van der Waals surface area contributed by atoms with E-state index in [1.165, 1.54) is 0 Å². The second-order valence-electron chi connectivity index (χ2n) is 4.45. The summed E-state index contributed by atoms with van der Waals surface area (Å²) >= 11 is 0. The van der Waals surface area contributed by atoms with Crippen LogP contribution in [0.15, 0.2) is 59.7 Å². The van der Waals surface area contributed by atoms with Gasteiger partial charge in [0, 0.05) is 5.56 Å². The van der Waals surface area contributed by atoms with Gasteiger partial charge in [0.15, 0.2) is 0 Å². The number of carbonyl (C=O) groups excluding carboxylic acids is 1. The minimum Gasteiger partial charge on any atom is -0.497 e. The highest BCUT2D eigenvalue weighted by Gasteiger charge is 2.05. The molecule has 1 amide bonds. The van der Waals surface area contributed by atoms with E-state index in [4.69, 9.17) is 4.74 Å². The Bertz CT molecular complexity index is 619. The fourth-order valence-electron chi connectivity index (χ4n) is 1.90. The van der Waals surface area contributed by atoms with Crippen molar-refractivity contribution in [2.24, 2.45) is 5.10 Å². The van der Waals surface area contributed by atoms with E-state index in [2.05, 4.69) is 10.5 Å². The molecule has 0 fully saturated rings. The smallest absolute Gasteiger partial charge is 0.271 e. The van der Waals surface area contributed by atoms with Gasteiger partial charge in [-0.2, -0.15) is 5.10 Å². The maximum atomic E-state index is 12.0. The first-order valence-corrected chi connectivity index (χ1v) is 6.81. The quantitative estimate of drug-likeness (QED) is 0.676. The molecule has 0 atom stereocenters. The molecular weight excluding hydrogens is 264 g/mol.